The molecule has 0 saturated carbocycles. The second-order valence-electron chi connectivity index (χ2n) is 15.3. The maximum Gasteiger partial charge on any atom is 0.160 e. The average molecular weight is 753 g/mol. The second-order valence-corrected chi connectivity index (χ2v) is 15.3. The quantitative estimate of drug-likeness (QED) is 0.180. The van der Waals surface area contributed by atoms with Crippen LogP contribution in [0.15, 0.2) is 199 Å². The Labute approximate surface area is 337 Å². The fourth-order valence-corrected chi connectivity index (χ4v) is 9.47. The zero-order valence-corrected chi connectivity index (χ0v) is 31.7. The van der Waals surface area contributed by atoms with Crippen LogP contribution in [0.1, 0.15) is 0 Å². The highest BCUT2D eigenvalue weighted by atomic mass is 16.3. The van der Waals surface area contributed by atoms with Crippen molar-refractivity contribution in [2.45, 2.75) is 0 Å². The minimum absolute atomic E-state index is 0.696. The Morgan fingerprint density at radius 3 is 1.93 bits per heavy atom. The van der Waals surface area contributed by atoms with Gasteiger partial charge in [0.2, 0.25) is 0 Å². The number of furan rings is 1. The summed E-state index contributed by atoms with van der Waals surface area (Å²) in [7, 11) is 0. The van der Waals surface area contributed by atoms with Crippen molar-refractivity contribution >= 4 is 87.2 Å². The predicted octanol–water partition coefficient (Wildman–Crippen LogP) is 14.2. The van der Waals surface area contributed by atoms with E-state index in [0.717, 1.165) is 93.9 Å². The summed E-state index contributed by atoms with van der Waals surface area (Å²) in [5.74, 6) is 0.696. The highest BCUT2D eigenvalue weighted by Gasteiger charge is 2.24. The van der Waals surface area contributed by atoms with Gasteiger partial charge in [-0.3, -0.25) is 0 Å². The highest BCUT2D eigenvalue weighted by molar-refractivity contribution is 6.31. The molecule has 0 bridgehead atoms. The van der Waals surface area contributed by atoms with Crippen LogP contribution in [0.4, 0.5) is 0 Å². The van der Waals surface area contributed by atoms with Crippen molar-refractivity contribution in [2.75, 3.05) is 0 Å². The monoisotopic (exact) mass is 752 g/mol. The maximum absolute atomic E-state index is 6.76. The lowest BCUT2D eigenvalue weighted by atomic mass is 10.1. The molecule has 0 aliphatic carbocycles. The third-order valence-corrected chi connectivity index (χ3v) is 12.1. The molecule has 9 aromatic carbocycles. The molecule has 274 valence electrons. The van der Waals surface area contributed by atoms with E-state index in [4.69, 9.17) is 14.4 Å². The van der Waals surface area contributed by atoms with Crippen LogP contribution >= 0.6 is 0 Å². The largest absolute Gasteiger partial charge is 0.455 e. The van der Waals surface area contributed by atoms with E-state index < -0.39 is 0 Å². The van der Waals surface area contributed by atoms with Gasteiger partial charge >= 0.3 is 0 Å². The van der Waals surface area contributed by atoms with Crippen molar-refractivity contribution in [3.05, 3.63) is 194 Å². The van der Waals surface area contributed by atoms with Gasteiger partial charge in [0.1, 0.15) is 11.2 Å². The molecule has 0 atom stereocenters. The number of fused-ring (bicyclic) bond motifs is 13. The van der Waals surface area contributed by atoms with Gasteiger partial charge in [-0.2, -0.15) is 0 Å². The summed E-state index contributed by atoms with van der Waals surface area (Å²) in [4.78, 5) is 10.3. The Morgan fingerprint density at radius 2 is 1.07 bits per heavy atom. The predicted molar refractivity (Wildman–Crippen MR) is 244 cm³/mol. The smallest absolute Gasteiger partial charge is 0.160 e. The molecular weight excluding hydrogens is 721 g/mol. The van der Waals surface area contributed by atoms with Gasteiger partial charge in [-0.15, -0.1) is 0 Å². The van der Waals surface area contributed by atoms with Crippen LogP contribution in [0, 0.1) is 0 Å². The molecule has 0 aliphatic heterocycles. The second kappa shape index (κ2) is 12.2. The van der Waals surface area contributed by atoms with E-state index in [1.165, 1.54) is 21.5 Å². The zero-order valence-electron chi connectivity index (χ0n) is 31.7. The van der Waals surface area contributed by atoms with Crippen molar-refractivity contribution in [2.24, 2.45) is 0 Å². The van der Waals surface area contributed by atoms with Crippen LogP contribution in [0.25, 0.3) is 121 Å². The van der Waals surface area contributed by atoms with Gasteiger partial charge in [-0.05, 0) is 89.6 Å². The first-order valence-electron chi connectivity index (χ1n) is 20.0. The van der Waals surface area contributed by atoms with Gasteiger partial charge in [0.15, 0.2) is 5.82 Å². The first-order valence-corrected chi connectivity index (χ1v) is 20.0. The first kappa shape index (κ1) is 32.1. The Kier molecular flexibility index (Phi) is 6.66. The Morgan fingerprint density at radius 1 is 0.390 bits per heavy atom. The Bertz CT molecular complexity index is 3830. The molecule has 4 aromatic heterocycles. The molecule has 4 heterocycles. The summed E-state index contributed by atoms with van der Waals surface area (Å²) < 4.78 is 11.6. The highest BCUT2D eigenvalue weighted by Crippen LogP contribution is 2.45. The van der Waals surface area contributed by atoms with E-state index in [2.05, 4.69) is 179 Å². The van der Waals surface area contributed by atoms with Crippen LogP contribution in [-0.4, -0.2) is 19.1 Å². The third-order valence-electron chi connectivity index (χ3n) is 12.1. The summed E-state index contributed by atoms with van der Waals surface area (Å²) in [6, 6.07) is 68.9. The molecule has 13 aromatic rings. The number of aromatic nitrogens is 4. The number of para-hydroxylation sites is 3. The van der Waals surface area contributed by atoms with E-state index in [9.17, 15) is 0 Å². The molecule has 0 fully saturated rings. The van der Waals surface area contributed by atoms with Crippen molar-refractivity contribution in [1.29, 1.82) is 0 Å². The van der Waals surface area contributed by atoms with Crippen LogP contribution < -0.4 is 0 Å². The van der Waals surface area contributed by atoms with Gasteiger partial charge in [0, 0.05) is 54.8 Å². The molecule has 0 N–H and O–H groups in total. The van der Waals surface area contributed by atoms with Gasteiger partial charge in [0.25, 0.3) is 0 Å². The van der Waals surface area contributed by atoms with Gasteiger partial charge in [0.05, 0.1) is 38.7 Å². The minimum Gasteiger partial charge on any atom is -0.455 e. The number of nitrogens with zero attached hydrogens (tertiary/aromatic N) is 4. The molecule has 0 radical (unpaired) electrons. The SMILES string of the molecule is c1ccc(-c2nc(-c3ccc(-n4c5ccc6c7ccccc7oc6c5c5ccc6c(c7ccccc7n6-c6ccc7ccccc7c6)c54)cc3)nc3ccccc23)cc1. The molecule has 59 heavy (non-hydrogen) atoms. The van der Waals surface area contributed by atoms with E-state index in [0.29, 0.717) is 5.82 Å². The van der Waals surface area contributed by atoms with Gasteiger partial charge in [-0.1, -0.05) is 115 Å². The van der Waals surface area contributed by atoms with Crippen molar-refractivity contribution in [1.82, 2.24) is 19.1 Å². The molecule has 5 heteroatoms. The lowest BCUT2D eigenvalue weighted by Crippen LogP contribution is -1.97. The fraction of sp³-hybridized carbons (Fsp3) is 0. The Hall–Kier alpha value is -8.02. The molecule has 0 unspecified atom stereocenters. The Balaban J connectivity index is 1.10. The summed E-state index contributed by atoms with van der Waals surface area (Å²) in [6.07, 6.45) is 0. The summed E-state index contributed by atoms with van der Waals surface area (Å²) in [5.41, 5.74) is 12.4. The zero-order chi connectivity index (χ0) is 38.6. The number of benzene rings is 9. The maximum atomic E-state index is 6.76. The third kappa shape index (κ3) is 4.67. The lowest BCUT2D eigenvalue weighted by molar-refractivity contribution is 0.673. The van der Waals surface area contributed by atoms with Crippen molar-refractivity contribution < 1.29 is 4.42 Å². The first-order chi connectivity index (χ1) is 29.3. The molecule has 0 amide bonds. The van der Waals surface area contributed by atoms with Crippen LogP contribution in [0.3, 0.4) is 0 Å². The molecule has 0 aliphatic rings. The molecule has 0 spiro atoms. The molecule has 5 nitrogen and oxygen atoms in total. The lowest BCUT2D eigenvalue weighted by Gasteiger charge is -2.12. The minimum atomic E-state index is 0.696. The molecule has 0 saturated heterocycles. The van der Waals surface area contributed by atoms with Gasteiger partial charge < -0.3 is 13.6 Å². The summed E-state index contributed by atoms with van der Waals surface area (Å²) >= 11 is 0. The topological polar surface area (TPSA) is 48.8 Å². The summed E-state index contributed by atoms with van der Waals surface area (Å²) in [6.45, 7) is 0. The van der Waals surface area contributed by atoms with E-state index >= 15 is 0 Å². The van der Waals surface area contributed by atoms with Crippen molar-refractivity contribution in [3.8, 4) is 34.0 Å². The van der Waals surface area contributed by atoms with Crippen LogP contribution in [-0.2, 0) is 0 Å². The normalized spacial score (nSPS) is 12.1. The number of hydrogen-bond donors (Lipinski definition) is 0. The number of rotatable bonds is 4. The van der Waals surface area contributed by atoms with Crippen molar-refractivity contribution in [3.63, 3.8) is 0 Å². The molecule has 13 rings (SSSR count). The van der Waals surface area contributed by atoms with Gasteiger partial charge in [-0.25, -0.2) is 9.97 Å². The fourth-order valence-electron chi connectivity index (χ4n) is 9.47. The van der Waals surface area contributed by atoms with Crippen LogP contribution in [0.2, 0.25) is 0 Å². The van der Waals surface area contributed by atoms with Crippen LogP contribution in [0.5, 0.6) is 0 Å². The standard InChI is InChI=1S/C54H32N4O/c1-2-13-34(14-3-1)51-41-17-6-9-19-44(41)55-54(56-51)35-23-25-37(26-24-35)58-47-30-28-40-39-16-8-11-21-48(39)59-53(40)50(47)43-29-31-46-49(52(43)58)42-18-7-10-20-45(42)57(46)38-27-22-33-12-4-5-15-36(33)32-38/h1-32H. The summed E-state index contributed by atoms with van der Waals surface area (Å²) in [5, 5.41) is 10.3. The number of hydrogen-bond acceptors (Lipinski definition) is 3. The van der Waals surface area contributed by atoms with E-state index in [1.807, 2.05) is 24.3 Å². The van der Waals surface area contributed by atoms with E-state index in [-0.39, 0.29) is 0 Å². The van der Waals surface area contributed by atoms with E-state index in [1.54, 1.807) is 0 Å². The molecular formula is C54H32N4O. The average Bonchev–Trinajstić information content (AvgIpc) is 3.96.